The zero-order valence-corrected chi connectivity index (χ0v) is 14.9. The van der Waals surface area contributed by atoms with Gasteiger partial charge in [0.1, 0.15) is 0 Å². The lowest BCUT2D eigenvalue weighted by molar-refractivity contribution is -0.127. The first kappa shape index (κ1) is 17.1. The van der Waals surface area contributed by atoms with Crippen LogP contribution < -0.4 is 5.32 Å². The molecule has 2 heterocycles. The lowest BCUT2D eigenvalue weighted by Gasteiger charge is -2.35. The summed E-state index contributed by atoms with van der Waals surface area (Å²) in [4.78, 5) is 29.0. The minimum absolute atomic E-state index is 0.0728. The Kier molecular flexibility index (Phi) is 5.30. The highest BCUT2D eigenvalue weighted by Gasteiger charge is 2.41. The lowest BCUT2D eigenvalue weighted by Crippen LogP contribution is -2.45. The summed E-state index contributed by atoms with van der Waals surface area (Å²) in [5, 5.41) is 16.3. The number of carbonyl (C=O) groups excluding carboxylic acids is 1. The summed E-state index contributed by atoms with van der Waals surface area (Å²) in [5.41, 5.74) is -0.315. The highest BCUT2D eigenvalue weighted by molar-refractivity contribution is 7.10. The van der Waals surface area contributed by atoms with Crippen molar-refractivity contribution in [1.29, 1.82) is 0 Å². The van der Waals surface area contributed by atoms with Gasteiger partial charge in [0.15, 0.2) is 5.69 Å². The second kappa shape index (κ2) is 7.44. The normalized spacial score (nSPS) is 16.7. The second-order valence-corrected chi connectivity index (χ2v) is 7.95. The van der Waals surface area contributed by atoms with Gasteiger partial charge in [0.05, 0.1) is 10.4 Å². The van der Waals surface area contributed by atoms with E-state index in [9.17, 15) is 9.59 Å². The molecular formula is C17H20N2O3S2. The summed E-state index contributed by atoms with van der Waals surface area (Å²) in [6, 6.07) is 4.07. The molecule has 1 aliphatic carbocycles. The molecular weight excluding hydrogens is 344 g/mol. The van der Waals surface area contributed by atoms with Crippen LogP contribution in [-0.4, -0.2) is 28.5 Å². The van der Waals surface area contributed by atoms with E-state index in [-0.39, 0.29) is 17.0 Å². The van der Waals surface area contributed by atoms with E-state index in [4.69, 9.17) is 5.11 Å². The number of aromatic nitrogens is 1. The molecule has 1 fully saturated rings. The van der Waals surface area contributed by atoms with Crippen LogP contribution in [0.2, 0.25) is 0 Å². The van der Waals surface area contributed by atoms with Crippen LogP contribution in [0.5, 0.6) is 0 Å². The number of carboxylic acid groups (broad SMARTS) is 1. The minimum atomic E-state index is -1.01. The number of carbonyl (C=O) groups is 2. The van der Waals surface area contributed by atoms with Gasteiger partial charge in [0.25, 0.3) is 0 Å². The first-order valence-electron chi connectivity index (χ1n) is 8.12. The lowest BCUT2D eigenvalue weighted by atomic mass is 9.72. The molecule has 3 rings (SSSR count). The Morgan fingerprint density at radius 1 is 1.25 bits per heavy atom. The monoisotopic (exact) mass is 364 g/mol. The summed E-state index contributed by atoms with van der Waals surface area (Å²) in [7, 11) is 0. The van der Waals surface area contributed by atoms with Crippen LogP contribution in [0.15, 0.2) is 22.9 Å². The SMILES string of the molecule is O=C(O)c1csc(CCNC(=O)C2(c3cccs3)CCCCC2)n1. The maximum Gasteiger partial charge on any atom is 0.355 e. The summed E-state index contributed by atoms with van der Waals surface area (Å²) in [5.74, 6) is -0.917. The van der Waals surface area contributed by atoms with E-state index in [1.165, 1.54) is 23.1 Å². The molecule has 0 aliphatic heterocycles. The zero-order valence-electron chi connectivity index (χ0n) is 13.3. The molecule has 0 aromatic carbocycles. The fourth-order valence-electron chi connectivity index (χ4n) is 3.27. The van der Waals surface area contributed by atoms with Gasteiger partial charge in [-0.1, -0.05) is 25.3 Å². The molecule has 1 aliphatic rings. The van der Waals surface area contributed by atoms with E-state index < -0.39 is 5.97 Å². The predicted molar refractivity (Wildman–Crippen MR) is 94.9 cm³/mol. The maximum absolute atomic E-state index is 12.9. The molecule has 0 saturated heterocycles. The van der Waals surface area contributed by atoms with Crippen molar-refractivity contribution in [2.45, 2.75) is 43.9 Å². The van der Waals surface area contributed by atoms with Crippen molar-refractivity contribution in [2.24, 2.45) is 0 Å². The van der Waals surface area contributed by atoms with Gasteiger partial charge in [0.2, 0.25) is 5.91 Å². The second-order valence-electron chi connectivity index (χ2n) is 6.06. The van der Waals surface area contributed by atoms with Crippen molar-refractivity contribution in [3.05, 3.63) is 38.5 Å². The average molecular weight is 364 g/mol. The first-order valence-corrected chi connectivity index (χ1v) is 9.88. The number of hydrogen-bond donors (Lipinski definition) is 2. The summed E-state index contributed by atoms with van der Waals surface area (Å²) in [6.07, 6.45) is 5.72. The molecule has 0 radical (unpaired) electrons. The Morgan fingerprint density at radius 2 is 2.04 bits per heavy atom. The van der Waals surface area contributed by atoms with E-state index in [1.807, 2.05) is 11.4 Å². The first-order chi connectivity index (χ1) is 11.6. The molecule has 24 heavy (non-hydrogen) atoms. The average Bonchev–Trinajstić information content (AvgIpc) is 3.27. The van der Waals surface area contributed by atoms with Crippen LogP contribution in [0, 0.1) is 0 Å². The van der Waals surface area contributed by atoms with Crippen molar-refractivity contribution >= 4 is 34.6 Å². The van der Waals surface area contributed by atoms with Crippen molar-refractivity contribution in [3.8, 4) is 0 Å². The number of nitrogens with one attached hydrogen (secondary N) is 1. The van der Waals surface area contributed by atoms with Crippen LogP contribution in [0.3, 0.4) is 0 Å². The molecule has 0 bridgehead atoms. The third-order valence-electron chi connectivity index (χ3n) is 4.53. The maximum atomic E-state index is 12.9. The molecule has 0 atom stereocenters. The van der Waals surface area contributed by atoms with E-state index in [2.05, 4.69) is 16.4 Å². The summed E-state index contributed by atoms with van der Waals surface area (Å²) >= 11 is 2.98. The van der Waals surface area contributed by atoms with Gasteiger partial charge in [-0.05, 0) is 24.3 Å². The Labute approximate surface area is 148 Å². The van der Waals surface area contributed by atoms with Crippen molar-refractivity contribution in [2.75, 3.05) is 6.54 Å². The number of hydrogen-bond acceptors (Lipinski definition) is 5. The Hall–Kier alpha value is -1.73. The molecule has 7 heteroatoms. The number of amides is 1. The Bertz CT molecular complexity index is 703. The van der Waals surface area contributed by atoms with E-state index in [1.54, 1.807) is 11.3 Å². The molecule has 2 N–H and O–H groups in total. The van der Waals surface area contributed by atoms with Gasteiger partial charge in [-0.25, -0.2) is 9.78 Å². The van der Waals surface area contributed by atoms with Gasteiger partial charge >= 0.3 is 5.97 Å². The Morgan fingerprint density at radius 3 is 2.67 bits per heavy atom. The smallest absolute Gasteiger partial charge is 0.355 e. The van der Waals surface area contributed by atoms with Gasteiger partial charge in [-0.15, -0.1) is 22.7 Å². The molecule has 0 spiro atoms. The molecule has 0 unspecified atom stereocenters. The molecule has 5 nitrogen and oxygen atoms in total. The van der Waals surface area contributed by atoms with Crippen LogP contribution in [-0.2, 0) is 16.6 Å². The number of nitrogens with zero attached hydrogens (tertiary/aromatic N) is 1. The molecule has 2 aromatic rings. The van der Waals surface area contributed by atoms with E-state index in [0.717, 1.165) is 35.6 Å². The number of rotatable bonds is 6. The number of aromatic carboxylic acids is 1. The van der Waals surface area contributed by atoms with E-state index in [0.29, 0.717) is 13.0 Å². The number of thiazole rings is 1. The largest absolute Gasteiger partial charge is 0.476 e. The topological polar surface area (TPSA) is 79.3 Å². The molecule has 1 saturated carbocycles. The van der Waals surface area contributed by atoms with Crippen molar-refractivity contribution < 1.29 is 14.7 Å². The fraction of sp³-hybridized carbons (Fsp3) is 0.471. The number of carboxylic acids is 1. The van der Waals surface area contributed by atoms with Gasteiger partial charge < -0.3 is 10.4 Å². The quantitative estimate of drug-likeness (QED) is 0.823. The third-order valence-corrected chi connectivity index (χ3v) is 6.51. The summed E-state index contributed by atoms with van der Waals surface area (Å²) < 4.78 is 0. The van der Waals surface area contributed by atoms with Crippen molar-refractivity contribution in [3.63, 3.8) is 0 Å². The summed E-state index contributed by atoms with van der Waals surface area (Å²) in [6.45, 7) is 0.485. The van der Waals surface area contributed by atoms with Crippen LogP contribution in [0.25, 0.3) is 0 Å². The van der Waals surface area contributed by atoms with Crippen LogP contribution in [0.4, 0.5) is 0 Å². The van der Waals surface area contributed by atoms with Crippen molar-refractivity contribution in [1.82, 2.24) is 10.3 Å². The van der Waals surface area contributed by atoms with Crippen LogP contribution >= 0.6 is 22.7 Å². The minimum Gasteiger partial charge on any atom is -0.476 e. The van der Waals surface area contributed by atoms with Crippen LogP contribution in [0.1, 0.15) is 52.5 Å². The highest BCUT2D eigenvalue weighted by atomic mass is 32.1. The number of thiophene rings is 1. The van der Waals surface area contributed by atoms with Gasteiger partial charge in [0, 0.05) is 23.2 Å². The predicted octanol–water partition coefficient (Wildman–Crippen LogP) is 3.46. The van der Waals surface area contributed by atoms with Gasteiger partial charge in [-0.2, -0.15) is 0 Å². The molecule has 2 aromatic heterocycles. The van der Waals surface area contributed by atoms with E-state index >= 15 is 0 Å². The highest BCUT2D eigenvalue weighted by Crippen LogP contribution is 2.41. The standard InChI is InChI=1S/C17H20N2O3S2/c20-15(21)12-11-24-14(19-12)6-9-18-16(22)17(7-2-1-3-8-17)13-5-4-10-23-13/h4-5,10-11H,1-3,6-9H2,(H,18,22)(H,20,21). The fourth-order valence-corrected chi connectivity index (χ4v) is 5.02. The van der Waals surface area contributed by atoms with Gasteiger partial charge in [-0.3, -0.25) is 4.79 Å². The zero-order chi connectivity index (χ0) is 17.0. The molecule has 1 amide bonds. The Balaban J connectivity index is 1.62. The molecule has 128 valence electrons. The third kappa shape index (κ3) is 3.52.